The van der Waals surface area contributed by atoms with Crippen LogP contribution in [0.2, 0.25) is 0 Å². The minimum absolute atomic E-state index is 0.0742. The second-order valence-electron chi connectivity index (χ2n) is 4.73. The lowest BCUT2D eigenvalue weighted by molar-refractivity contribution is -0.118. The Balaban J connectivity index is 2.36. The summed E-state index contributed by atoms with van der Waals surface area (Å²) in [5, 5.41) is 8.99. The number of rotatable bonds is 4. The molecule has 1 amide bonds. The van der Waals surface area contributed by atoms with E-state index in [1.54, 1.807) is 23.1 Å². The lowest BCUT2D eigenvalue weighted by atomic mass is 9.98. The third-order valence-corrected chi connectivity index (χ3v) is 3.41. The smallest absolute Gasteiger partial charge is 0.335 e. The molecule has 1 heterocycles. The highest BCUT2D eigenvalue weighted by atomic mass is 16.4. The highest BCUT2D eigenvalue weighted by Crippen LogP contribution is 2.29. The van der Waals surface area contributed by atoms with Crippen molar-refractivity contribution in [3.05, 3.63) is 41.5 Å². The number of carboxylic acids is 1. The fourth-order valence-corrected chi connectivity index (χ4v) is 2.20. The number of anilines is 1. The Morgan fingerprint density at radius 2 is 2.16 bits per heavy atom. The van der Waals surface area contributed by atoms with Crippen LogP contribution in [0.1, 0.15) is 35.7 Å². The summed E-state index contributed by atoms with van der Waals surface area (Å²) in [6, 6.07) is 4.92. The van der Waals surface area contributed by atoms with Crippen molar-refractivity contribution in [1.29, 1.82) is 0 Å². The number of aryl methyl sites for hydroxylation is 1. The molecular weight excluding hydrogens is 242 g/mol. The zero-order valence-corrected chi connectivity index (χ0v) is 11.0. The van der Waals surface area contributed by atoms with E-state index in [0.717, 1.165) is 23.2 Å². The maximum absolute atomic E-state index is 12.0. The number of fused-ring (bicyclic) bond motifs is 1. The van der Waals surface area contributed by atoms with E-state index in [4.69, 9.17) is 5.11 Å². The third-order valence-electron chi connectivity index (χ3n) is 3.41. The molecular formula is C15H17NO3. The van der Waals surface area contributed by atoms with Crippen LogP contribution < -0.4 is 4.90 Å². The van der Waals surface area contributed by atoms with Crippen LogP contribution in [0, 0.1) is 0 Å². The normalized spacial score (nSPS) is 14.2. The molecule has 0 bridgehead atoms. The second-order valence-corrected chi connectivity index (χ2v) is 4.73. The van der Waals surface area contributed by atoms with Crippen molar-refractivity contribution in [3.63, 3.8) is 0 Å². The molecule has 0 saturated carbocycles. The predicted octanol–water partition coefficient (Wildman–Crippen LogP) is 2.63. The van der Waals surface area contributed by atoms with Crippen LogP contribution in [0.3, 0.4) is 0 Å². The summed E-state index contributed by atoms with van der Waals surface area (Å²) >= 11 is 0. The first-order valence-electron chi connectivity index (χ1n) is 6.36. The molecule has 0 radical (unpaired) electrons. The first-order valence-corrected chi connectivity index (χ1v) is 6.36. The zero-order valence-electron chi connectivity index (χ0n) is 11.0. The van der Waals surface area contributed by atoms with Gasteiger partial charge in [-0.05, 0) is 36.6 Å². The number of hydrogen-bond donors (Lipinski definition) is 1. The van der Waals surface area contributed by atoms with E-state index in [1.165, 1.54) is 0 Å². The van der Waals surface area contributed by atoms with E-state index in [2.05, 4.69) is 6.58 Å². The van der Waals surface area contributed by atoms with Gasteiger partial charge >= 0.3 is 5.97 Å². The van der Waals surface area contributed by atoms with E-state index in [1.807, 2.05) is 6.92 Å². The molecule has 2 rings (SSSR count). The Labute approximate surface area is 112 Å². The van der Waals surface area contributed by atoms with E-state index in [0.29, 0.717) is 19.4 Å². The molecule has 4 heteroatoms. The van der Waals surface area contributed by atoms with Gasteiger partial charge in [-0.2, -0.15) is 0 Å². The molecule has 0 saturated heterocycles. The zero-order chi connectivity index (χ0) is 14.0. The van der Waals surface area contributed by atoms with Gasteiger partial charge in [0, 0.05) is 18.7 Å². The SMILES string of the molecule is C=C(CC)CN1C(=O)CCc2cc(C(=O)O)ccc21. The summed E-state index contributed by atoms with van der Waals surface area (Å²) in [5.74, 6) is -0.866. The van der Waals surface area contributed by atoms with Gasteiger partial charge in [0.15, 0.2) is 0 Å². The maximum atomic E-state index is 12.0. The molecule has 4 nitrogen and oxygen atoms in total. The van der Waals surface area contributed by atoms with Crippen molar-refractivity contribution in [2.45, 2.75) is 26.2 Å². The van der Waals surface area contributed by atoms with Gasteiger partial charge in [-0.1, -0.05) is 19.1 Å². The van der Waals surface area contributed by atoms with E-state index in [-0.39, 0.29) is 11.5 Å². The first-order chi connectivity index (χ1) is 9.02. The predicted molar refractivity (Wildman–Crippen MR) is 73.5 cm³/mol. The summed E-state index contributed by atoms with van der Waals surface area (Å²) in [5.41, 5.74) is 2.99. The van der Waals surface area contributed by atoms with Gasteiger partial charge in [0.25, 0.3) is 0 Å². The molecule has 0 fully saturated rings. The number of carbonyl (C=O) groups excluding carboxylic acids is 1. The van der Waals surface area contributed by atoms with Crippen molar-refractivity contribution in [3.8, 4) is 0 Å². The molecule has 19 heavy (non-hydrogen) atoms. The average Bonchev–Trinajstić information content (AvgIpc) is 2.41. The molecule has 100 valence electrons. The van der Waals surface area contributed by atoms with Crippen LogP contribution >= 0.6 is 0 Å². The van der Waals surface area contributed by atoms with Crippen LogP contribution in [0.5, 0.6) is 0 Å². The fourth-order valence-electron chi connectivity index (χ4n) is 2.20. The van der Waals surface area contributed by atoms with Gasteiger partial charge in [0.1, 0.15) is 0 Å². The lowest BCUT2D eigenvalue weighted by Crippen LogP contribution is -2.36. The minimum Gasteiger partial charge on any atom is -0.478 e. The summed E-state index contributed by atoms with van der Waals surface area (Å²) < 4.78 is 0. The standard InChI is InChI=1S/C15H17NO3/c1-3-10(2)9-16-13-6-4-12(15(18)19)8-11(13)5-7-14(16)17/h4,6,8H,2-3,5,7,9H2,1H3,(H,18,19). The number of hydrogen-bond acceptors (Lipinski definition) is 2. The highest BCUT2D eigenvalue weighted by Gasteiger charge is 2.24. The summed E-state index contributed by atoms with van der Waals surface area (Å²) in [4.78, 5) is 24.7. The Hall–Kier alpha value is -2.10. The topological polar surface area (TPSA) is 57.6 Å². The molecule has 1 aliphatic heterocycles. The van der Waals surface area contributed by atoms with Crippen LogP contribution in [0.25, 0.3) is 0 Å². The Morgan fingerprint density at radius 3 is 2.79 bits per heavy atom. The number of carboxylic acid groups (broad SMARTS) is 1. The molecule has 1 N–H and O–H groups in total. The minimum atomic E-state index is -0.941. The molecule has 1 aromatic rings. The number of nitrogens with zero attached hydrogens (tertiary/aromatic N) is 1. The summed E-state index contributed by atoms with van der Waals surface area (Å²) in [7, 11) is 0. The fraction of sp³-hybridized carbons (Fsp3) is 0.333. The van der Waals surface area contributed by atoms with Crippen LogP contribution in [0.4, 0.5) is 5.69 Å². The van der Waals surface area contributed by atoms with Crippen LogP contribution in [-0.2, 0) is 11.2 Å². The van der Waals surface area contributed by atoms with Gasteiger partial charge < -0.3 is 10.0 Å². The third kappa shape index (κ3) is 2.67. The van der Waals surface area contributed by atoms with Gasteiger partial charge in [0.05, 0.1) is 5.56 Å². The second kappa shape index (κ2) is 5.26. The van der Waals surface area contributed by atoms with Gasteiger partial charge in [-0.15, -0.1) is 0 Å². The molecule has 1 aliphatic rings. The maximum Gasteiger partial charge on any atom is 0.335 e. The number of amides is 1. The van der Waals surface area contributed by atoms with Crippen molar-refractivity contribution in [1.82, 2.24) is 0 Å². The Kier molecular flexibility index (Phi) is 3.69. The van der Waals surface area contributed by atoms with E-state index < -0.39 is 5.97 Å². The first kappa shape index (κ1) is 13.3. The molecule has 0 spiro atoms. The molecule has 0 aromatic heterocycles. The molecule has 0 atom stereocenters. The summed E-state index contributed by atoms with van der Waals surface area (Å²) in [6.07, 6.45) is 1.85. The average molecular weight is 259 g/mol. The van der Waals surface area contributed by atoms with Crippen molar-refractivity contribution in [2.75, 3.05) is 11.4 Å². The van der Waals surface area contributed by atoms with Crippen molar-refractivity contribution < 1.29 is 14.7 Å². The Bertz CT molecular complexity index is 548. The quantitative estimate of drug-likeness (QED) is 0.846. The van der Waals surface area contributed by atoms with E-state index >= 15 is 0 Å². The van der Waals surface area contributed by atoms with E-state index in [9.17, 15) is 9.59 Å². The van der Waals surface area contributed by atoms with Crippen molar-refractivity contribution >= 4 is 17.6 Å². The molecule has 1 aromatic carbocycles. The monoisotopic (exact) mass is 259 g/mol. The highest BCUT2D eigenvalue weighted by molar-refractivity contribution is 5.98. The molecule has 0 unspecified atom stereocenters. The van der Waals surface area contributed by atoms with Gasteiger partial charge in [-0.25, -0.2) is 4.79 Å². The number of benzene rings is 1. The van der Waals surface area contributed by atoms with Crippen LogP contribution in [-0.4, -0.2) is 23.5 Å². The number of aromatic carboxylic acids is 1. The molecule has 0 aliphatic carbocycles. The van der Waals surface area contributed by atoms with Gasteiger partial charge in [0.2, 0.25) is 5.91 Å². The Morgan fingerprint density at radius 1 is 1.42 bits per heavy atom. The lowest BCUT2D eigenvalue weighted by Gasteiger charge is -2.30. The van der Waals surface area contributed by atoms with Crippen molar-refractivity contribution in [2.24, 2.45) is 0 Å². The van der Waals surface area contributed by atoms with Crippen LogP contribution in [0.15, 0.2) is 30.4 Å². The van der Waals surface area contributed by atoms with Gasteiger partial charge in [-0.3, -0.25) is 4.79 Å². The number of carbonyl (C=O) groups is 2. The largest absolute Gasteiger partial charge is 0.478 e. The summed E-state index contributed by atoms with van der Waals surface area (Å²) in [6.45, 7) is 6.45.